The molecule has 1 aromatic heterocycles. The highest BCUT2D eigenvalue weighted by Crippen LogP contribution is 2.16. The Labute approximate surface area is 113 Å². The van der Waals surface area contributed by atoms with Gasteiger partial charge in [-0.3, -0.25) is 0 Å². The lowest BCUT2D eigenvalue weighted by Gasteiger charge is -2.23. The van der Waals surface area contributed by atoms with Gasteiger partial charge in [0.1, 0.15) is 5.82 Å². The van der Waals surface area contributed by atoms with Crippen LogP contribution >= 0.6 is 11.8 Å². The minimum absolute atomic E-state index is 0.839. The molecule has 0 radical (unpaired) electrons. The van der Waals surface area contributed by atoms with Crippen LogP contribution in [0.4, 0.5) is 5.69 Å². The summed E-state index contributed by atoms with van der Waals surface area (Å²) in [6, 6.07) is 10.5. The molecule has 2 rings (SSSR count). The van der Waals surface area contributed by atoms with Gasteiger partial charge in [0.25, 0.3) is 0 Å². The van der Waals surface area contributed by atoms with E-state index < -0.39 is 0 Å². The molecule has 1 heterocycles. The number of para-hydroxylation sites is 1. The van der Waals surface area contributed by atoms with Crippen LogP contribution in [-0.2, 0) is 6.54 Å². The molecular weight excluding hydrogens is 242 g/mol. The zero-order chi connectivity index (χ0) is 12.6. The summed E-state index contributed by atoms with van der Waals surface area (Å²) in [7, 11) is 0. The lowest BCUT2D eigenvalue weighted by atomic mass is 10.2. The summed E-state index contributed by atoms with van der Waals surface area (Å²) in [5.41, 5.74) is 1.26. The van der Waals surface area contributed by atoms with Crippen LogP contribution in [0.3, 0.4) is 0 Å². The number of nitrogens with one attached hydrogen (secondary N) is 1. The molecule has 0 saturated heterocycles. The third-order valence-electron chi connectivity index (χ3n) is 2.79. The molecule has 0 bridgehead atoms. The molecule has 1 N–H and O–H groups in total. The van der Waals surface area contributed by atoms with Crippen LogP contribution in [0.5, 0.6) is 0 Å². The van der Waals surface area contributed by atoms with Crippen molar-refractivity contribution in [2.45, 2.75) is 13.0 Å². The van der Waals surface area contributed by atoms with Crippen molar-refractivity contribution in [3.8, 4) is 0 Å². The van der Waals surface area contributed by atoms with Gasteiger partial charge in [-0.2, -0.15) is 11.8 Å². The molecule has 96 valence electrons. The topological polar surface area (TPSA) is 31.9 Å². The maximum atomic E-state index is 4.31. The number of hydrogen-bond acceptors (Lipinski definition) is 3. The van der Waals surface area contributed by atoms with Crippen molar-refractivity contribution in [3.63, 3.8) is 0 Å². The van der Waals surface area contributed by atoms with Gasteiger partial charge in [-0.05, 0) is 30.6 Å². The predicted molar refractivity (Wildman–Crippen MR) is 79.1 cm³/mol. The molecule has 0 aliphatic carbocycles. The van der Waals surface area contributed by atoms with E-state index in [2.05, 4.69) is 51.5 Å². The predicted octanol–water partition coefficient (Wildman–Crippen LogP) is 3.17. The maximum Gasteiger partial charge on any atom is 0.125 e. The fourth-order valence-corrected chi connectivity index (χ4v) is 2.32. The number of H-pyrrole nitrogens is 1. The molecular formula is C14H19N3S. The Morgan fingerprint density at radius 2 is 2.11 bits per heavy atom. The molecule has 0 fully saturated rings. The van der Waals surface area contributed by atoms with Gasteiger partial charge in [-0.1, -0.05) is 18.2 Å². The summed E-state index contributed by atoms with van der Waals surface area (Å²) in [6.07, 6.45) is 7.02. The van der Waals surface area contributed by atoms with Crippen LogP contribution in [0.2, 0.25) is 0 Å². The normalized spacial score (nSPS) is 10.5. The lowest BCUT2D eigenvalue weighted by Crippen LogP contribution is -2.24. The van der Waals surface area contributed by atoms with E-state index in [0.717, 1.165) is 18.9 Å². The number of anilines is 1. The molecule has 0 unspecified atom stereocenters. The summed E-state index contributed by atoms with van der Waals surface area (Å²) in [5.74, 6) is 2.21. The fourth-order valence-electron chi connectivity index (χ4n) is 1.90. The molecule has 0 aliphatic heterocycles. The highest BCUT2D eigenvalue weighted by Gasteiger charge is 2.07. The van der Waals surface area contributed by atoms with Gasteiger partial charge in [0.2, 0.25) is 0 Å². The standard InChI is InChI=1S/C14H19N3S/c1-18-11-5-10-17(12-14-15-8-9-16-14)13-6-3-2-4-7-13/h2-4,6-9H,5,10-12H2,1H3,(H,15,16). The van der Waals surface area contributed by atoms with E-state index in [1.807, 2.05) is 18.0 Å². The quantitative estimate of drug-likeness (QED) is 0.777. The molecule has 18 heavy (non-hydrogen) atoms. The zero-order valence-electron chi connectivity index (χ0n) is 10.7. The number of nitrogens with zero attached hydrogens (tertiary/aromatic N) is 2. The Balaban J connectivity index is 2.03. The van der Waals surface area contributed by atoms with Gasteiger partial charge < -0.3 is 9.88 Å². The number of hydrogen-bond donors (Lipinski definition) is 1. The Hall–Kier alpha value is -1.42. The fraction of sp³-hybridized carbons (Fsp3) is 0.357. The molecule has 0 amide bonds. The SMILES string of the molecule is CSCCCN(Cc1ncc[nH]1)c1ccccc1. The summed E-state index contributed by atoms with van der Waals surface area (Å²) in [5, 5.41) is 0. The maximum absolute atomic E-state index is 4.31. The number of benzene rings is 1. The van der Waals surface area contributed by atoms with E-state index in [9.17, 15) is 0 Å². The van der Waals surface area contributed by atoms with Crippen LogP contribution in [0.25, 0.3) is 0 Å². The van der Waals surface area contributed by atoms with Crippen molar-refractivity contribution in [2.75, 3.05) is 23.5 Å². The number of rotatable bonds is 7. The number of aromatic amines is 1. The van der Waals surface area contributed by atoms with Crippen molar-refractivity contribution < 1.29 is 0 Å². The first-order valence-corrected chi connectivity index (χ1v) is 7.56. The Morgan fingerprint density at radius 3 is 2.78 bits per heavy atom. The van der Waals surface area contributed by atoms with Crippen LogP contribution in [0.1, 0.15) is 12.2 Å². The summed E-state index contributed by atoms with van der Waals surface area (Å²) in [4.78, 5) is 9.85. The van der Waals surface area contributed by atoms with Crippen molar-refractivity contribution in [1.29, 1.82) is 0 Å². The van der Waals surface area contributed by atoms with E-state index in [0.29, 0.717) is 0 Å². The van der Waals surface area contributed by atoms with Crippen LogP contribution in [-0.4, -0.2) is 28.5 Å². The molecule has 0 saturated carbocycles. The van der Waals surface area contributed by atoms with Gasteiger partial charge in [-0.15, -0.1) is 0 Å². The summed E-state index contributed by atoms with van der Waals surface area (Å²) in [6.45, 7) is 1.90. The largest absolute Gasteiger partial charge is 0.364 e. The van der Waals surface area contributed by atoms with Crippen molar-refractivity contribution in [2.24, 2.45) is 0 Å². The van der Waals surface area contributed by atoms with Crippen LogP contribution in [0.15, 0.2) is 42.7 Å². The second-order valence-electron chi connectivity index (χ2n) is 4.14. The third-order valence-corrected chi connectivity index (χ3v) is 3.49. The molecule has 4 heteroatoms. The Kier molecular flexibility index (Phi) is 5.15. The third kappa shape index (κ3) is 3.81. The molecule has 0 aliphatic rings. The lowest BCUT2D eigenvalue weighted by molar-refractivity contribution is 0.747. The molecule has 0 spiro atoms. The van der Waals surface area contributed by atoms with E-state index >= 15 is 0 Å². The molecule has 0 atom stereocenters. The van der Waals surface area contributed by atoms with Crippen LogP contribution in [0, 0.1) is 0 Å². The first-order chi connectivity index (χ1) is 8.90. The number of thioether (sulfide) groups is 1. The van der Waals surface area contributed by atoms with Gasteiger partial charge in [0.05, 0.1) is 6.54 Å². The van der Waals surface area contributed by atoms with E-state index in [1.54, 1.807) is 6.20 Å². The Bertz CT molecular complexity index is 428. The minimum atomic E-state index is 0.839. The van der Waals surface area contributed by atoms with E-state index in [4.69, 9.17) is 0 Å². The summed E-state index contributed by atoms with van der Waals surface area (Å²) < 4.78 is 0. The first kappa shape index (κ1) is 13.0. The smallest absolute Gasteiger partial charge is 0.125 e. The van der Waals surface area contributed by atoms with E-state index in [-0.39, 0.29) is 0 Å². The van der Waals surface area contributed by atoms with Crippen molar-refractivity contribution in [3.05, 3.63) is 48.5 Å². The molecule has 2 aromatic rings. The average molecular weight is 261 g/mol. The minimum Gasteiger partial charge on any atom is -0.364 e. The highest BCUT2D eigenvalue weighted by atomic mass is 32.2. The molecule has 3 nitrogen and oxygen atoms in total. The Morgan fingerprint density at radius 1 is 1.28 bits per heavy atom. The van der Waals surface area contributed by atoms with Gasteiger partial charge in [-0.25, -0.2) is 4.98 Å². The van der Waals surface area contributed by atoms with E-state index in [1.165, 1.54) is 17.9 Å². The highest BCUT2D eigenvalue weighted by molar-refractivity contribution is 7.98. The van der Waals surface area contributed by atoms with Gasteiger partial charge in [0, 0.05) is 24.6 Å². The summed E-state index contributed by atoms with van der Waals surface area (Å²) >= 11 is 1.90. The van der Waals surface area contributed by atoms with Gasteiger partial charge in [0.15, 0.2) is 0 Å². The monoisotopic (exact) mass is 261 g/mol. The first-order valence-electron chi connectivity index (χ1n) is 6.17. The number of aromatic nitrogens is 2. The second-order valence-corrected chi connectivity index (χ2v) is 5.12. The molecule has 1 aromatic carbocycles. The number of imidazole rings is 1. The van der Waals surface area contributed by atoms with Crippen LogP contribution < -0.4 is 4.90 Å². The zero-order valence-corrected chi connectivity index (χ0v) is 11.5. The average Bonchev–Trinajstić information content (AvgIpc) is 2.92. The second kappa shape index (κ2) is 7.11. The van der Waals surface area contributed by atoms with Crippen molar-refractivity contribution in [1.82, 2.24) is 9.97 Å². The van der Waals surface area contributed by atoms with Crippen molar-refractivity contribution >= 4 is 17.4 Å². The van der Waals surface area contributed by atoms with Gasteiger partial charge >= 0.3 is 0 Å².